The Morgan fingerprint density at radius 2 is 2.06 bits per heavy atom. The van der Waals surface area contributed by atoms with Gasteiger partial charge >= 0.3 is 0 Å². The lowest BCUT2D eigenvalue weighted by atomic mass is 10.1. The van der Waals surface area contributed by atoms with Crippen molar-refractivity contribution >= 4 is 17.2 Å². The Labute approximate surface area is 106 Å². The van der Waals surface area contributed by atoms with Crippen molar-refractivity contribution in [2.45, 2.75) is 27.2 Å². The van der Waals surface area contributed by atoms with Crippen LogP contribution in [0.5, 0.6) is 0 Å². The van der Waals surface area contributed by atoms with Crippen LogP contribution in [0.3, 0.4) is 0 Å². The van der Waals surface area contributed by atoms with Gasteiger partial charge in [-0.15, -0.1) is 10.2 Å². The molecule has 0 saturated heterocycles. The molecule has 3 nitrogen and oxygen atoms in total. The summed E-state index contributed by atoms with van der Waals surface area (Å²) in [6, 6.07) is 2.08. The molecule has 2 heterocycles. The number of aromatic nitrogens is 2. The summed E-state index contributed by atoms with van der Waals surface area (Å²) >= 11 is 1.68. The average molecular weight is 247 g/mol. The summed E-state index contributed by atoms with van der Waals surface area (Å²) in [5, 5.41) is 16.1. The molecule has 0 aromatic carbocycles. The van der Waals surface area contributed by atoms with Crippen LogP contribution >= 0.6 is 11.3 Å². The van der Waals surface area contributed by atoms with Crippen molar-refractivity contribution in [2.75, 3.05) is 11.9 Å². The van der Waals surface area contributed by atoms with Crippen molar-refractivity contribution in [2.24, 2.45) is 0 Å². The van der Waals surface area contributed by atoms with Crippen LogP contribution in [0, 0.1) is 13.8 Å². The molecular weight excluding hydrogens is 230 g/mol. The van der Waals surface area contributed by atoms with E-state index in [0.29, 0.717) is 0 Å². The minimum Gasteiger partial charge on any atom is -0.368 e. The van der Waals surface area contributed by atoms with Gasteiger partial charge in [0.1, 0.15) is 0 Å². The predicted molar refractivity (Wildman–Crippen MR) is 73.6 cm³/mol. The Kier molecular flexibility index (Phi) is 3.74. The molecule has 4 heteroatoms. The molecular formula is C13H17N3S. The summed E-state index contributed by atoms with van der Waals surface area (Å²) in [5.41, 5.74) is 4.54. The second-order valence-electron chi connectivity index (χ2n) is 4.09. The molecule has 2 aromatic rings. The standard InChI is InChI=1S/C13H17N3S/c1-4-6-14-13-10(3)9(2)12(15-16-13)11-5-7-17-8-11/h5,7-8H,4,6H2,1-3H3,(H,14,16). The first-order valence-corrected chi connectivity index (χ1v) is 6.78. The molecule has 1 N–H and O–H groups in total. The monoisotopic (exact) mass is 247 g/mol. The maximum Gasteiger partial charge on any atom is 0.151 e. The number of thiophene rings is 1. The Bertz CT molecular complexity index is 492. The molecule has 0 bridgehead atoms. The minimum atomic E-state index is 0.906. The molecule has 0 aliphatic rings. The lowest BCUT2D eigenvalue weighted by Crippen LogP contribution is -2.07. The highest BCUT2D eigenvalue weighted by Crippen LogP contribution is 2.27. The number of hydrogen-bond donors (Lipinski definition) is 1. The molecule has 0 spiro atoms. The van der Waals surface area contributed by atoms with Crippen LogP contribution in [0.2, 0.25) is 0 Å². The molecule has 0 radical (unpaired) electrons. The molecule has 0 saturated carbocycles. The van der Waals surface area contributed by atoms with E-state index in [1.54, 1.807) is 11.3 Å². The van der Waals surface area contributed by atoms with Gasteiger partial charge in [0.05, 0.1) is 5.69 Å². The molecule has 17 heavy (non-hydrogen) atoms. The van der Waals surface area contributed by atoms with Crippen LogP contribution in [0.4, 0.5) is 5.82 Å². The summed E-state index contributed by atoms with van der Waals surface area (Å²) < 4.78 is 0. The van der Waals surface area contributed by atoms with E-state index in [0.717, 1.165) is 30.0 Å². The molecule has 0 aliphatic heterocycles. The van der Waals surface area contributed by atoms with E-state index in [9.17, 15) is 0 Å². The molecule has 0 atom stereocenters. The minimum absolute atomic E-state index is 0.906. The van der Waals surface area contributed by atoms with Crippen molar-refractivity contribution in [3.63, 3.8) is 0 Å². The Hall–Kier alpha value is -1.42. The van der Waals surface area contributed by atoms with Gasteiger partial charge in [-0.2, -0.15) is 11.3 Å². The zero-order valence-corrected chi connectivity index (χ0v) is 11.3. The van der Waals surface area contributed by atoms with Crippen molar-refractivity contribution in [1.29, 1.82) is 0 Å². The zero-order valence-electron chi connectivity index (χ0n) is 10.4. The van der Waals surface area contributed by atoms with Crippen LogP contribution in [0.25, 0.3) is 11.3 Å². The fraction of sp³-hybridized carbons (Fsp3) is 0.385. The molecule has 2 aromatic heterocycles. The van der Waals surface area contributed by atoms with Gasteiger partial charge in [0.15, 0.2) is 5.82 Å². The van der Waals surface area contributed by atoms with Gasteiger partial charge in [0.25, 0.3) is 0 Å². The van der Waals surface area contributed by atoms with Crippen LogP contribution in [0.1, 0.15) is 24.5 Å². The van der Waals surface area contributed by atoms with Crippen LogP contribution in [0.15, 0.2) is 16.8 Å². The first kappa shape index (κ1) is 12.0. The third kappa shape index (κ3) is 2.47. The average Bonchev–Trinajstić information content (AvgIpc) is 2.85. The van der Waals surface area contributed by atoms with Gasteiger partial charge in [0.2, 0.25) is 0 Å². The molecule has 0 amide bonds. The van der Waals surface area contributed by atoms with E-state index < -0.39 is 0 Å². The first-order chi connectivity index (χ1) is 8.24. The van der Waals surface area contributed by atoms with E-state index in [-0.39, 0.29) is 0 Å². The molecule has 2 rings (SSSR count). The third-order valence-electron chi connectivity index (χ3n) is 2.86. The van der Waals surface area contributed by atoms with Crippen molar-refractivity contribution in [3.05, 3.63) is 28.0 Å². The lowest BCUT2D eigenvalue weighted by molar-refractivity contribution is 0.933. The number of rotatable bonds is 4. The van der Waals surface area contributed by atoms with Gasteiger partial charge in [-0.1, -0.05) is 6.92 Å². The zero-order chi connectivity index (χ0) is 12.3. The molecule has 0 unspecified atom stereocenters. The number of nitrogens with one attached hydrogen (secondary N) is 1. The summed E-state index contributed by atoms with van der Waals surface area (Å²) in [7, 11) is 0. The summed E-state index contributed by atoms with van der Waals surface area (Å²) in [6.07, 6.45) is 1.09. The predicted octanol–water partition coefficient (Wildman–Crippen LogP) is 3.64. The SMILES string of the molecule is CCCNc1nnc(-c2ccsc2)c(C)c1C. The summed E-state index contributed by atoms with van der Waals surface area (Å²) in [4.78, 5) is 0. The molecule has 0 aliphatic carbocycles. The summed E-state index contributed by atoms with van der Waals surface area (Å²) in [6.45, 7) is 7.28. The fourth-order valence-corrected chi connectivity index (χ4v) is 2.33. The Morgan fingerprint density at radius 1 is 1.24 bits per heavy atom. The van der Waals surface area contributed by atoms with E-state index in [4.69, 9.17) is 0 Å². The Balaban J connectivity index is 2.36. The highest BCUT2D eigenvalue weighted by atomic mass is 32.1. The highest BCUT2D eigenvalue weighted by molar-refractivity contribution is 7.08. The van der Waals surface area contributed by atoms with Crippen LogP contribution < -0.4 is 5.32 Å². The van der Waals surface area contributed by atoms with Gasteiger partial charge < -0.3 is 5.32 Å². The molecule has 0 fully saturated rings. The van der Waals surface area contributed by atoms with Crippen LogP contribution in [-0.4, -0.2) is 16.7 Å². The maximum atomic E-state index is 4.33. The fourth-order valence-electron chi connectivity index (χ4n) is 1.69. The van der Waals surface area contributed by atoms with Crippen LogP contribution in [-0.2, 0) is 0 Å². The van der Waals surface area contributed by atoms with Gasteiger partial charge in [-0.05, 0) is 42.8 Å². The van der Waals surface area contributed by atoms with Gasteiger partial charge in [-0.3, -0.25) is 0 Å². The smallest absolute Gasteiger partial charge is 0.151 e. The topological polar surface area (TPSA) is 37.8 Å². The number of anilines is 1. The van der Waals surface area contributed by atoms with Crippen molar-refractivity contribution in [1.82, 2.24) is 10.2 Å². The highest BCUT2D eigenvalue weighted by Gasteiger charge is 2.10. The first-order valence-electron chi connectivity index (χ1n) is 5.84. The number of nitrogens with zero attached hydrogens (tertiary/aromatic N) is 2. The second-order valence-corrected chi connectivity index (χ2v) is 4.87. The Morgan fingerprint density at radius 3 is 2.71 bits per heavy atom. The van der Waals surface area contributed by atoms with Gasteiger partial charge in [-0.25, -0.2) is 0 Å². The largest absolute Gasteiger partial charge is 0.368 e. The van der Waals surface area contributed by atoms with E-state index in [2.05, 4.69) is 53.1 Å². The quantitative estimate of drug-likeness (QED) is 0.896. The lowest BCUT2D eigenvalue weighted by Gasteiger charge is -2.11. The van der Waals surface area contributed by atoms with Gasteiger partial charge in [0, 0.05) is 17.5 Å². The van der Waals surface area contributed by atoms with E-state index >= 15 is 0 Å². The molecule has 90 valence electrons. The normalized spacial score (nSPS) is 10.5. The van der Waals surface area contributed by atoms with E-state index in [1.807, 2.05) is 0 Å². The second kappa shape index (κ2) is 5.27. The number of hydrogen-bond acceptors (Lipinski definition) is 4. The van der Waals surface area contributed by atoms with Crippen molar-refractivity contribution in [3.8, 4) is 11.3 Å². The van der Waals surface area contributed by atoms with E-state index in [1.165, 1.54) is 11.1 Å². The maximum absolute atomic E-state index is 4.33. The third-order valence-corrected chi connectivity index (χ3v) is 3.54. The van der Waals surface area contributed by atoms with Crippen molar-refractivity contribution < 1.29 is 0 Å². The summed E-state index contributed by atoms with van der Waals surface area (Å²) in [5.74, 6) is 0.906.